The number of benzene rings is 1. The number of sulfonamides is 1. The van der Waals surface area contributed by atoms with Crippen molar-refractivity contribution < 1.29 is 35.5 Å². The highest BCUT2D eigenvalue weighted by Crippen LogP contribution is 2.48. The molecule has 0 unspecified atom stereocenters. The molecule has 1 aliphatic heterocycles. The van der Waals surface area contributed by atoms with Gasteiger partial charge in [-0.25, -0.2) is 9.78 Å². The first-order valence-corrected chi connectivity index (χ1v) is 13.2. The van der Waals surface area contributed by atoms with Crippen molar-refractivity contribution in [3.63, 3.8) is 0 Å². The molecule has 0 spiro atoms. The quantitative estimate of drug-likeness (QED) is 0.257. The topological polar surface area (TPSA) is 103 Å². The molecule has 1 aromatic carbocycles. The third kappa shape index (κ3) is 4.85. The van der Waals surface area contributed by atoms with Crippen LogP contribution in [0.3, 0.4) is 0 Å². The number of anilines is 1. The molecular formula is C24H21BrF3N3O5S. The summed E-state index contributed by atoms with van der Waals surface area (Å²) in [7, 11) is -5.68. The predicted molar refractivity (Wildman–Crippen MR) is 134 cm³/mol. The van der Waals surface area contributed by atoms with Crippen LogP contribution in [-0.4, -0.2) is 36.1 Å². The number of fused-ring (bicyclic) bond motifs is 1. The van der Waals surface area contributed by atoms with E-state index in [1.54, 1.807) is 42.2 Å². The molecule has 4 rings (SSSR count). The molecule has 37 heavy (non-hydrogen) atoms. The molecule has 0 bridgehead atoms. The van der Waals surface area contributed by atoms with Gasteiger partial charge in [-0.2, -0.15) is 21.6 Å². The van der Waals surface area contributed by atoms with Gasteiger partial charge in [0, 0.05) is 21.2 Å². The van der Waals surface area contributed by atoms with Crippen LogP contribution < -0.4 is 4.72 Å². The number of para-hydroxylation sites is 1. The van der Waals surface area contributed by atoms with E-state index < -0.39 is 21.5 Å². The first-order valence-electron chi connectivity index (χ1n) is 10.9. The van der Waals surface area contributed by atoms with E-state index in [0.29, 0.717) is 38.2 Å². The molecule has 1 N–H and O–H groups in total. The first-order chi connectivity index (χ1) is 17.4. The lowest BCUT2D eigenvalue weighted by Gasteiger charge is -2.17. The van der Waals surface area contributed by atoms with Gasteiger partial charge in [-0.15, -0.1) is 0 Å². The number of hydrogen-bond acceptors (Lipinski definition) is 6. The van der Waals surface area contributed by atoms with Crippen LogP contribution in [0.4, 0.5) is 18.9 Å². The fraction of sp³-hybridized carbons (Fsp3) is 0.250. The fourth-order valence-electron chi connectivity index (χ4n) is 4.16. The molecule has 0 saturated heterocycles. The summed E-state index contributed by atoms with van der Waals surface area (Å²) in [6, 6.07) is 7.44. The summed E-state index contributed by atoms with van der Waals surface area (Å²) < 4.78 is 77.7. The molecule has 0 saturated carbocycles. The number of esters is 1. The highest BCUT2D eigenvalue weighted by molar-refractivity contribution is 9.10. The molecular weight excluding hydrogens is 579 g/mol. The van der Waals surface area contributed by atoms with Crippen LogP contribution in [-0.2, 0) is 21.3 Å². The molecule has 1 aromatic heterocycles. The van der Waals surface area contributed by atoms with Gasteiger partial charge >= 0.3 is 21.5 Å². The van der Waals surface area contributed by atoms with Crippen LogP contribution in [0.1, 0.15) is 34.5 Å². The number of halogens is 4. The van der Waals surface area contributed by atoms with E-state index >= 15 is 0 Å². The maximum Gasteiger partial charge on any atom is 0.516 e. The number of hydrogen-bond donors (Lipinski definition) is 1. The van der Waals surface area contributed by atoms with E-state index in [0.717, 1.165) is 0 Å². The molecule has 0 radical (unpaired) electrons. The van der Waals surface area contributed by atoms with Crippen LogP contribution in [0.5, 0.6) is 0 Å². The molecule has 0 fully saturated rings. The van der Waals surface area contributed by atoms with Crippen LogP contribution in [0.15, 0.2) is 51.7 Å². The highest BCUT2D eigenvalue weighted by Gasteiger charge is 2.46. The number of ether oxygens (including phenoxy) is 1. The number of alkyl halides is 3. The molecule has 0 amide bonds. The molecule has 196 valence electrons. The number of aryl methyl sites for hydroxylation is 2. The van der Waals surface area contributed by atoms with Gasteiger partial charge in [-0.1, -0.05) is 18.2 Å². The molecule has 0 atom stereocenters. The van der Waals surface area contributed by atoms with Gasteiger partial charge in [0.25, 0.3) is 0 Å². The summed E-state index contributed by atoms with van der Waals surface area (Å²) >= 11 is 3.53. The monoisotopic (exact) mass is 599 g/mol. The summed E-state index contributed by atoms with van der Waals surface area (Å²) in [5, 5.41) is 0. The van der Waals surface area contributed by atoms with Crippen LogP contribution in [0.25, 0.3) is 22.3 Å². The van der Waals surface area contributed by atoms with E-state index in [4.69, 9.17) is 9.15 Å². The first kappa shape index (κ1) is 26.7. The van der Waals surface area contributed by atoms with E-state index in [9.17, 15) is 26.4 Å². The Morgan fingerprint density at radius 1 is 1.16 bits per heavy atom. The van der Waals surface area contributed by atoms with E-state index in [-0.39, 0.29) is 30.1 Å². The number of rotatable bonds is 7. The summed E-state index contributed by atoms with van der Waals surface area (Å²) in [6.45, 7) is 5.32. The van der Waals surface area contributed by atoms with Gasteiger partial charge in [0.05, 0.1) is 37.1 Å². The van der Waals surface area contributed by atoms with E-state index in [1.807, 2.05) is 0 Å². The van der Waals surface area contributed by atoms with Crippen LogP contribution in [0, 0.1) is 13.8 Å². The lowest BCUT2D eigenvalue weighted by Crippen LogP contribution is -2.30. The second-order valence-electron chi connectivity index (χ2n) is 8.05. The SMILES string of the molecule is CCOC(=O)c1c(C)nc(C)n1Cc1c2ccocc-2c(Br)c1-c1ccccc1NS(=O)(=O)C(F)(F)F. The van der Waals surface area contributed by atoms with Gasteiger partial charge in [0.15, 0.2) is 5.69 Å². The van der Waals surface area contributed by atoms with Gasteiger partial charge in [0.1, 0.15) is 5.82 Å². The lowest BCUT2D eigenvalue weighted by atomic mass is 10.0. The van der Waals surface area contributed by atoms with Gasteiger partial charge in [-0.3, -0.25) is 4.72 Å². The number of carbonyl (C=O) groups excluding carboxylic acids is 1. The number of imidazole rings is 1. The Balaban J connectivity index is 1.95. The number of nitrogens with one attached hydrogen (secondary N) is 1. The minimum Gasteiger partial charge on any atom is -0.472 e. The minimum absolute atomic E-state index is 0.0859. The zero-order valence-electron chi connectivity index (χ0n) is 19.8. The molecule has 1 aliphatic carbocycles. The second-order valence-corrected chi connectivity index (χ2v) is 10.5. The Bertz CT molecular complexity index is 1560. The smallest absolute Gasteiger partial charge is 0.472 e. The Hall–Kier alpha value is -3.32. The van der Waals surface area contributed by atoms with Gasteiger partial charge in [-0.05, 0) is 60.0 Å². The van der Waals surface area contributed by atoms with Crippen molar-refractivity contribution in [3.8, 4) is 22.3 Å². The Kier molecular flexibility index (Phi) is 7.12. The third-order valence-electron chi connectivity index (χ3n) is 5.74. The Morgan fingerprint density at radius 2 is 1.86 bits per heavy atom. The number of carbonyl (C=O) groups is 1. The zero-order valence-corrected chi connectivity index (χ0v) is 22.2. The molecule has 13 heteroatoms. The Morgan fingerprint density at radius 3 is 2.54 bits per heavy atom. The molecule has 2 aromatic rings. The number of aromatic nitrogens is 2. The zero-order chi connectivity index (χ0) is 27.1. The highest BCUT2D eigenvalue weighted by atomic mass is 79.9. The summed E-state index contributed by atoms with van der Waals surface area (Å²) in [4.78, 5) is 17.1. The lowest BCUT2D eigenvalue weighted by molar-refractivity contribution is -0.0429. The van der Waals surface area contributed by atoms with E-state index in [1.165, 1.54) is 30.7 Å². The fourth-order valence-corrected chi connectivity index (χ4v) is 5.51. The van der Waals surface area contributed by atoms with Crippen molar-refractivity contribution in [1.29, 1.82) is 0 Å². The molecule has 2 aliphatic rings. The van der Waals surface area contributed by atoms with Crippen molar-refractivity contribution in [1.82, 2.24) is 9.55 Å². The van der Waals surface area contributed by atoms with Gasteiger partial charge < -0.3 is 13.7 Å². The maximum atomic E-state index is 13.2. The standard InChI is InChI=1S/C24H21BrF3N3O5S/c1-4-36-23(32)22-13(2)29-14(3)31(22)11-17-15-9-10-35-12-18(15)21(25)20(17)16-7-5-6-8-19(16)30-37(33,34)24(26,27)28/h5-10,12,30H,4,11H2,1-3H3. The minimum atomic E-state index is -5.68. The van der Waals surface area contributed by atoms with Crippen LogP contribution >= 0.6 is 15.9 Å². The second kappa shape index (κ2) is 9.86. The average Bonchev–Trinajstić information content (AvgIpc) is 3.26. The van der Waals surface area contributed by atoms with Crippen molar-refractivity contribution in [2.45, 2.75) is 32.8 Å². The summed E-state index contributed by atoms with van der Waals surface area (Å²) in [5.74, 6) is -0.0472. The van der Waals surface area contributed by atoms with Crippen molar-refractivity contribution in [2.24, 2.45) is 0 Å². The van der Waals surface area contributed by atoms with E-state index in [2.05, 4.69) is 20.9 Å². The maximum absolute atomic E-state index is 13.2. The largest absolute Gasteiger partial charge is 0.516 e. The predicted octanol–water partition coefficient (Wildman–Crippen LogP) is 6.11. The molecule has 2 heterocycles. The van der Waals surface area contributed by atoms with Crippen molar-refractivity contribution >= 4 is 37.6 Å². The third-order valence-corrected chi connectivity index (χ3v) is 7.66. The summed E-state index contributed by atoms with van der Waals surface area (Å²) in [6.07, 6.45) is 2.91. The average molecular weight is 600 g/mol. The summed E-state index contributed by atoms with van der Waals surface area (Å²) in [5.41, 5.74) is -2.56. The van der Waals surface area contributed by atoms with Gasteiger partial charge in [0.2, 0.25) is 0 Å². The van der Waals surface area contributed by atoms with Crippen molar-refractivity contribution in [3.05, 3.63) is 70.1 Å². The van der Waals surface area contributed by atoms with Crippen molar-refractivity contribution in [2.75, 3.05) is 11.3 Å². The van der Waals surface area contributed by atoms with Crippen LogP contribution in [0.2, 0.25) is 0 Å². The molecule has 8 nitrogen and oxygen atoms in total. The number of nitrogens with zero attached hydrogens (tertiary/aromatic N) is 2. The Labute approximate surface area is 219 Å². The normalized spacial score (nSPS) is 12.2.